The van der Waals surface area contributed by atoms with Crippen LogP contribution in [0.5, 0.6) is 0 Å². The van der Waals surface area contributed by atoms with Crippen molar-refractivity contribution in [2.24, 2.45) is 9.98 Å². The van der Waals surface area contributed by atoms with E-state index in [1.165, 1.54) is 4.90 Å². The van der Waals surface area contributed by atoms with Crippen LogP contribution in [0.15, 0.2) is 87.4 Å². The number of para-hydroxylation sites is 2. The van der Waals surface area contributed by atoms with Crippen molar-refractivity contribution in [2.75, 3.05) is 36.8 Å². The molecular formula is C29H28N6O4S. The molecule has 1 fully saturated rings. The normalized spacial score (nSPS) is 18.1. The van der Waals surface area contributed by atoms with Crippen LogP contribution in [-0.2, 0) is 20.9 Å². The number of amidine groups is 2. The van der Waals surface area contributed by atoms with Crippen LogP contribution in [0.3, 0.4) is 0 Å². The van der Waals surface area contributed by atoms with Crippen molar-refractivity contribution in [3.8, 4) is 0 Å². The summed E-state index contributed by atoms with van der Waals surface area (Å²) in [5, 5.41) is 3.18. The maximum Gasteiger partial charge on any atom is 0.259 e. The Labute approximate surface area is 235 Å². The molecule has 1 aromatic heterocycles. The van der Waals surface area contributed by atoms with Crippen LogP contribution in [0.25, 0.3) is 0 Å². The molecule has 0 spiro atoms. The zero-order valence-electron chi connectivity index (χ0n) is 21.7. The molecule has 204 valence electrons. The van der Waals surface area contributed by atoms with Crippen LogP contribution in [-0.4, -0.2) is 76.5 Å². The van der Waals surface area contributed by atoms with Crippen molar-refractivity contribution in [1.82, 2.24) is 15.1 Å². The van der Waals surface area contributed by atoms with Crippen molar-refractivity contribution >= 4 is 51.9 Å². The van der Waals surface area contributed by atoms with E-state index in [9.17, 15) is 14.4 Å². The molecule has 0 aliphatic carbocycles. The summed E-state index contributed by atoms with van der Waals surface area (Å²) in [7, 11) is 0. The fraction of sp³-hybridized carbons (Fsp3) is 0.276. The minimum absolute atomic E-state index is 0.00603. The van der Waals surface area contributed by atoms with Crippen LogP contribution < -0.4 is 10.2 Å². The first-order valence-electron chi connectivity index (χ1n) is 13.2. The molecule has 1 N–H and O–H groups in total. The smallest absolute Gasteiger partial charge is 0.259 e. The number of carbonyl (C=O) groups excluding carboxylic acids is 3. The Morgan fingerprint density at radius 3 is 2.52 bits per heavy atom. The molecule has 3 amide bonds. The van der Waals surface area contributed by atoms with E-state index < -0.39 is 6.04 Å². The van der Waals surface area contributed by atoms with Gasteiger partial charge < -0.3 is 19.5 Å². The lowest BCUT2D eigenvalue weighted by molar-refractivity contribution is -0.135. The molecule has 1 saturated heterocycles. The first-order valence-corrected chi connectivity index (χ1v) is 14.1. The molecule has 3 aliphatic heterocycles. The Bertz CT molecular complexity index is 1460. The lowest BCUT2D eigenvalue weighted by Crippen LogP contribution is -2.49. The second-order valence-corrected chi connectivity index (χ2v) is 10.5. The van der Waals surface area contributed by atoms with Crippen LogP contribution in [0, 0.1) is 0 Å². The van der Waals surface area contributed by atoms with Crippen molar-refractivity contribution in [2.45, 2.75) is 19.0 Å². The van der Waals surface area contributed by atoms with Gasteiger partial charge in [0.25, 0.3) is 5.91 Å². The molecule has 11 heteroatoms. The summed E-state index contributed by atoms with van der Waals surface area (Å²) in [5.74, 6) is 0.583. The molecule has 2 aromatic carbocycles. The number of furan rings is 1. The van der Waals surface area contributed by atoms with Crippen molar-refractivity contribution in [1.29, 1.82) is 0 Å². The predicted octanol–water partition coefficient (Wildman–Crippen LogP) is 3.03. The molecule has 0 bridgehead atoms. The molecule has 0 saturated carbocycles. The topological polar surface area (TPSA) is 111 Å². The number of piperazine rings is 1. The average molecular weight is 557 g/mol. The third kappa shape index (κ3) is 5.37. The van der Waals surface area contributed by atoms with Gasteiger partial charge in [-0.2, -0.15) is 0 Å². The summed E-state index contributed by atoms with van der Waals surface area (Å²) in [4.78, 5) is 54.2. The van der Waals surface area contributed by atoms with Crippen LogP contribution in [0.2, 0.25) is 0 Å². The number of nitrogens with zero attached hydrogens (tertiary/aromatic N) is 5. The Kier molecular flexibility index (Phi) is 7.37. The summed E-state index contributed by atoms with van der Waals surface area (Å²) in [6, 6.07) is 20.3. The summed E-state index contributed by atoms with van der Waals surface area (Å²) < 4.78 is 5.25. The number of aliphatic imine (C=N–C) groups is 2. The maximum absolute atomic E-state index is 13.6. The fourth-order valence-corrected chi connectivity index (χ4v) is 5.79. The van der Waals surface area contributed by atoms with E-state index in [0.29, 0.717) is 35.5 Å². The standard InChI is InChI=1S/C29H28N6O4S/c36-25(30-18-21-9-6-16-39-21)19-40-29-32-23-11-5-4-10-22(23)27-31-24(28(38)35(27)29)17-26(37)34-14-12-33(13-15-34)20-7-2-1-3-8-20/h1-11,16,24H,12-15,17-19H2,(H,30,36)/t24-/m1/s1. The maximum atomic E-state index is 13.6. The Balaban J connectivity index is 1.11. The molecule has 0 radical (unpaired) electrons. The second-order valence-electron chi connectivity index (χ2n) is 9.61. The van der Waals surface area contributed by atoms with Gasteiger partial charge in [0.05, 0.1) is 30.7 Å². The minimum Gasteiger partial charge on any atom is -0.467 e. The van der Waals surface area contributed by atoms with Gasteiger partial charge in [-0.25, -0.2) is 9.89 Å². The molecule has 1 atom stereocenters. The average Bonchev–Trinajstić information content (AvgIpc) is 3.63. The first kappa shape index (κ1) is 25.9. The van der Waals surface area contributed by atoms with E-state index in [0.717, 1.165) is 36.1 Å². The zero-order valence-corrected chi connectivity index (χ0v) is 22.5. The third-order valence-electron chi connectivity index (χ3n) is 7.04. The van der Waals surface area contributed by atoms with Gasteiger partial charge in [0.2, 0.25) is 11.8 Å². The number of anilines is 1. The highest BCUT2D eigenvalue weighted by atomic mass is 32.2. The van der Waals surface area contributed by atoms with Gasteiger partial charge in [0.15, 0.2) is 5.17 Å². The van der Waals surface area contributed by atoms with Crippen molar-refractivity contribution in [3.05, 3.63) is 84.3 Å². The number of thioether (sulfide) groups is 1. The van der Waals surface area contributed by atoms with Crippen molar-refractivity contribution in [3.63, 3.8) is 0 Å². The Morgan fingerprint density at radius 2 is 1.75 bits per heavy atom. The molecular weight excluding hydrogens is 528 g/mol. The van der Waals surface area contributed by atoms with Gasteiger partial charge in [-0.15, -0.1) is 0 Å². The number of benzene rings is 2. The number of amides is 3. The number of hydrogen-bond donors (Lipinski definition) is 1. The molecule has 4 heterocycles. The summed E-state index contributed by atoms with van der Waals surface area (Å²) in [6.45, 7) is 2.93. The Morgan fingerprint density at radius 1 is 0.975 bits per heavy atom. The molecule has 40 heavy (non-hydrogen) atoms. The highest BCUT2D eigenvalue weighted by Gasteiger charge is 2.42. The largest absolute Gasteiger partial charge is 0.467 e. The van der Waals surface area contributed by atoms with Gasteiger partial charge >= 0.3 is 0 Å². The van der Waals surface area contributed by atoms with Crippen LogP contribution in [0.1, 0.15) is 17.7 Å². The van der Waals surface area contributed by atoms with E-state index in [1.54, 1.807) is 18.4 Å². The van der Waals surface area contributed by atoms with E-state index in [4.69, 9.17) is 9.41 Å². The van der Waals surface area contributed by atoms with Gasteiger partial charge in [0, 0.05) is 37.4 Å². The number of nitrogens with one attached hydrogen (secondary N) is 1. The lowest BCUT2D eigenvalue weighted by atomic mass is 10.1. The zero-order chi connectivity index (χ0) is 27.5. The van der Waals surface area contributed by atoms with Crippen molar-refractivity contribution < 1.29 is 18.8 Å². The summed E-state index contributed by atoms with van der Waals surface area (Å²) >= 11 is 1.16. The number of carbonyl (C=O) groups is 3. The summed E-state index contributed by atoms with van der Waals surface area (Å²) in [5.41, 5.74) is 2.54. The molecule has 6 rings (SSSR count). The molecule has 10 nitrogen and oxygen atoms in total. The minimum atomic E-state index is -0.834. The third-order valence-corrected chi connectivity index (χ3v) is 7.98. The Hall–Kier alpha value is -4.38. The van der Waals surface area contributed by atoms with Gasteiger partial charge in [0.1, 0.15) is 17.6 Å². The van der Waals surface area contributed by atoms with E-state index in [2.05, 4.69) is 27.3 Å². The summed E-state index contributed by atoms with van der Waals surface area (Å²) in [6.07, 6.45) is 1.55. The second kappa shape index (κ2) is 11.4. The van der Waals surface area contributed by atoms with E-state index in [1.807, 2.05) is 47.4 Å². The predicted molar refractivity (Wildman–Crippen MR) is 154 cm³/mol. The number of fused-ring (bicyclic) bond motifs is 3. The highest BCUT2D eigenvalue weighted by molar-refractivity contribution is 8.14. The van der Waals surface area contributed by atoms with E-state index >= 15 is 0 Å². The molecule has 3 aromatic rings. The monoisotopic (exact) mass is 556 g/mol. The van der Waals surface area contributed by atoms with Crippen LogP contribution >= 0.6 is 11.8 Å². The number of hydrogen-bond acceptors (Lipinski definition) is 8. The van der Waals surface area contributed by atoms with Crippen LogP contribution in [0.4, 0.5) is 11.4 Å². The molecule has 0 unspecified atom stereocenters. The molecule has 3 aliphatic rings. The lowest BCUT2D eigenvalue weighted by Gasteiger charge is -2.36. The van der Waals surface area contributed by atoms with Gasteiger partial charge in [-0.1, -0.05) is 42.1 Å². The first-order chi connectivity index (χ1) is 19.6. The fourth-order valence-electron chi connectivity index (χ4n) is 4.96. The number of rotatable bonds is 7. The SMILES string of the molecule is O=C(CSC1=Nc2ccccc2C2=N[C@H](CC(=O)N3CCN(c4ccccc4)CC3)C(=O)N12)NCc1ccco1. The van der Waals surface area contributed by atoms with Gasteiger partial charge in [-0.05, 0) is 36.4 Å². The van der Waals surface area contributed by atoms with Gasteiger partial charge in [-0.3, -0.25) is 19.4 Å². The van der Waals surface area contributed by atoms with E-state index in [-0.39, 0.29) is 36.4 Å². The highest BCUT2D eigenvalue weighted by Crippen LogP contribution is 2.34. The quantitative estimate of drug-likeness (QED) is 0.479.